The Hall–Kier alpha value is -0.940. The molecule has 0 radical (unpaired) electrons. The molecule has 1 aromatic rings. The molecule has 0 aliphatic carbocycles. The molecule has 18 heavy (non-hydrogen) atoms. The van der Waals surface area contributed by atoms with Crippen molar-refractivity contribution in [3.05, 3.63) is 28.5 Å². The molecule has 1 saturated heterocycles. The second-order valence-corrected chi connectivity index (χ2v) is 5.83. The maximum atomic E-state index is 12.4. The summed E-state index contributed by atoms with van der Waals surface area (Å²) in [5.41, 5.74) is 0.531. The van der Waals surface area contributed by atoms with E-state index >= 15 is 0 Å². The van der Waals surface area contributed by atoms with Gasteiger partial charge in [-0.25, -0.2) is 4.98 Å². The van der Waals surface area contributed by atoms with Crippen LogP contribution >= 0.6 is 15.9 Å². The number of carbonyl (C=O) groups is 1. The molecule has 4 nitrogen and oxygen atoms in total. The molecule has 1 aromatic heterocycles. The number of carbonyl (C=O) groups excluding carboxylic acids is 1. The van der Waals surface area contributed by atoms with E-state index in [9.17, 15) is 4.79 Å². The van der Waals surface area contributed by atoms with Gasteiger partial charge >= 0.3 is 0 Å². The topological polar surface area (TPSA) is 36.4 Å². The lowest BCUT2D eigenvalue weighted by atomic mass is 10.2. The summed E-state index contributed by atoms with van der Waals surface area (Å²) in [6, 6.07) is 3.95. The van der Waals surface area contributed by atoms with Crippen molar-refractivity contribution in [2.45, 2.75) is 18.9 Å². The minimum atomic E-state index is 0.0480. The van der Waals surface area contributed by atoms with Crippen LogP contribution in [0.3, 0.4) is 0 Å². The van der Waals surface area contributed by atoms with Crippen molar-refractivity contribution in [2.24, 2.45) is 0 Å². The van der Waals surface area contributed by atoms with Gasteiger partial charge < -0.3 is 9.80 Å². The van der Waals surface area contributed by atoms with Crippen LogP contribution in [0.4, 0.5) is 0 Å². The quantitative estimate of drug-likeness (QED) is 0.857. The predicted molar refractivity (Wildman–Crippen MR) is 74.5 cm³/mol. The Balaban J connectivity index is 2.10. The molecule has 1 unspecified atom stereocenters. The number of halogens is 1. The normalized spacial score (nSPS) is 19.6. The zero-order valence-corrected chi connectivity index (χ0v) is 12.4. The van der Waals surface area contributed by atoms with E-state index in [2.05, 4.69) is 25.8 Å². The van der Waals surface area contributed by atoms with Crippen LogP contribution in [0.25, 0.3) is 0 Å². The lowest BCUT2D eigenvalue weighted by Gasteiger charge is -2.26. The summed E-state index contributed by atoms with van der Waals surface area (Å²) < 4.78 is 0.894. The number of likely N-dealkylation sites (tertiary alicyclic amines) is 1. The SMILES string of the molecule is CN(C)CC1CCCN1C(=O)c1ccc(Br)cn1. The minimum absolute atomic E-state index is 0.0480. The Morgan fingerprint density at radius 2 is 2.33 bits per heavy atom. The first-order chi connectivity index (χ1) is 8.58. The van der Waals surface area contributed by atoms with Crippen LogP contribution in [0.5, 0.6) is 0 Å². The number of likely N-dealkylation sites (N-methyl/N-ethyl adjacent to an activating group) is 1. The van der Waals surface area contributed by atoms with Gasteiger partial charge in [0.2, 0.25) is 0 Å². The first-order valence-electron chi connectivity index (χ1n) is 6.15. The van der Waals surface area contributed by atoms with E-state index in [0.29, 0.717) is 11.7 Å². The van der Waals surface area contributed by atoms with Gasteiger partial charge in [-0.05, 0) is 55.0 Å². The maximum absolute atomic E-state index is 12.4. The fourth-order valence-corrected chi connectivity index (χ4v) is 2.60. The van der Waals surface area contributed by atoms with Crippen LogP contribution in [0, 0.1) is 0 Å². The van der Waals surface area contributed by atoms with Gasteiger partial charge in [0.1, 0.15) is 5.69 Å². The number of nitrogens with zero attached hydrogens (tertiary/aromatic N) is 3. The third kappa shape index (κ3) is 3.09. The van der Waals surface area contributed by atoms with Crippen molar-refractivity contribution in [3.63, 3.8) is 0 Å². The third-order valence-electron chi connectivity index (χ3n) is 3.16. The van der Waals surface area contributed by atoms with E-state index in [4.69, 9.17) is 0 Å². The third-order valence-corrected chi connectivity index (χ3v) is 3.63. The molecule has 2 rings (SSSR count). The Morgan fingerprint density at radius 3 is 2.94 bits per heavy atom. The van der Waals surface area contributed by atoms with Crippen molar-refractivity contribution < 1.29 is 4.79 Å². The minimum Gasteiger partial charge on any atom is -0.333 e. The number of rotatable bonds is 3. The molecule has 2 heterocycles. The zero-order valence-electron chi connectivity index (χ0n) is 10.8. The van der Waals surface area contributed by atoms with Crippen LogP contribution in [0.1, 0.15) is 23.3 Å². The molecule has 98 valence electrons. The maximum Gasteiger partial charge on any atom is 0.272 e. The van der Waals surface area contributed by atoms with Crippen molar-refractivity contribution >= 4 is 21.8 Å². The number of pyridine rings is 1. The molecule has 1 aliphatic heterocycles. The van der Waals surface area contributed by atoms with Gasteiger partial charge in [-0.3, -0.25) is 4.79 Å². The molecule has 0 aromatic carbocycles. The van der Waals surface area contributed by atoms with Gasteiger partial charge in [0, 0.05) is 29.8 Å². The monoisotopic (exact) mass is 311 g/mol. The van der Waals surface area contributed by atoms with E-state index in [-0.39, 0.29) is 5.91 Å². The molecule has 0 bridgehead atoms. The summed E-state index contributed by atoms with van der Waals surface area (Å²) >= 11 is 3.33. The average molecular weight is 312 g/mol. The summed E-state index contributed by atoms with van der Waals surface area (Å²) in [7, 11) is 4.08. The van der Waals surface area contributed by atoms with E-state index in [1.807, 2.05) is 25.1 Å². The highest BCUT2D eigenvalue weighted by atomic mass is 79.9. The van der Waals surface area contributed by atoms with Crippen molar-refractivity contribution in [3.8, 4) is 0 Å². The number of hydrogen-bond acceptors (Lipinski definition) is 3. The first-order valence-corrected chi connectivity index (χ1v) is 6.94. The van der Waals surface area contributed by atoms with Gasteiger partial charge in [-0.1, -0.05) is 0 Å². The Labute approximate surface area is 116 Å². The fraction of sp³-hybridized carbons (Fsp3) is 0.538. The van der Waals surface area contributed by atoms with Gasteiger partial charge in [0.15, 0.2) is 0 Å². The van der Waals surface area contributed by atoms with E-state index < -0.39 is 0 Å². The number of amides is 1. The predicted octanol–water partition coefficient (Wildman–Crippen LogP) is 2.01. The van der Waals surface area contributed by atoms with Crippen molar-refractivity contribution in [1.29, 1.82) is 0 Å². The Bertz CT molecular complexity index is 419. The summed E-state index contributed by atoms with van der Waals surface area (Å²) in [4.78, 5) is 20.6. The molecule has 1 fully saturated rings. The molecular formula is C13H18BrN3O. The second-order valence-electron chi connectivity index (χ2n) is 4.92. The highest BCUT2D eigenvalue weighted by Crippen LogP contribution is 2.20. The molecule has 1 amide bonds. The smallest absolute Gasteiger partial charge is 0.272 e. The Morgan fingerprint density at radius 1 is 1.56 bits per heavy atom. The molecule has 0 saturated carbocycles. The molecule has 1 aliphatic rings. The average Bonchev–Trinajstić information content (AvgIpc) is 2.76. The molecule has 1 atom stereocenters. The summed E-state index contributed by atoms with van der Waals surface area (Å²) in [6.07, 6.45) is 3.84. The van der Waals surface area contributed by atoms with Crippen LogP contribution < -0.4 is 0 Å². The largest absolute Gasteiger partial charge is 0.333 e. The standard InChI is InChI=1S/C13H18BrN3O/c1-16(2)9-11-4-3-7-17(11)13(18)12-6-5-10(14)8-15-12/h5-6,8,11H,3-4,7,9H2,1-2H3. The lowest BCUT2D eigenvalue weighted by Crippen LogP contribution is -2.41. The first kappa shape index (κ1) is 13.5. The van der Waals surface area contributed by atoms with Crippen LogP contribution in [-0.2, 0) is 0 Å². The van der Waals surface area contributed by atoms with Gasteiger partial charge in [0.05, 0.1) is 0 Å². The molecular weight excluding hydrogens is 294 g/mol. The van der Waals surface area contributed by atoms with Crippen LogP contribution in [-0.4, -0.2) is 53.9 Å². The van der Waals surface area contributed by atoms with Crippen LogP contribution in [0.2, 0.25) is 0 Å². The molecule has 5 heteroatoms. The van der Waals surface area contributed by atoms with Gasteiger partial charge in [-0.15, -0.1) is 0 Å². The van der Waals surface area contributed by atoms with Gasteiger partial charge in [-0.2, -0.15) is 0 Å². The fourth-order valence-electron chi connectivity index (χ4n) is 2.36. The summed E-state index contributed by atoms with van der Waals surface area (Å²) in [5, 5.41) is 0. The summed E-state index contributed by atoms with van der Waals surface area (Å²) in [5.74, 6) is 0.0480. The van der Waals surface area contributed by atoms with E-state index in [0.717, 1.165) is 30.4 Å². The zero-order chi connectivity index (χ0) is 13.1. The second kappa shape index (κ2) is 5.80. The van der Waals surface area contributed by atoms with E-state index in [1.165, 1.54) is 0 Å². The Kier molecular flexibility index (Phi) is 4.35. The van der Waals surface area contributed by atoms with Crippen LogP contribution in [0.15, 0.2) is 22.8 Å². The highest BCUT2D eigenvalue weighted by molar-refractivity contribution is 9.10. The highest BCUT2D eigenvalue weighted by Gasteiger charge is 2.30. The summed E-state index contributed by atoms with van der Waals surface area (Å²) in [6.45, 7) is 1.76. The molecule has 0 N–H and O–H groups in total. The van der Waals surface area contributed by atoms with E-state index in [1.54, 1.807) is 12.3 Å². The van der Waals surface area contributed by atoms with Gasteiger partial charge in [0.25, 0.3) is 5.91 Å². The number of aromatic nitrogens is 1. The number of hydrogen-bond donors (Lipinski definition) is 0. The molecule has 0 spiro atoms. The lowest BCUT2D eigenvalue weighted by molar-refractivity contribution is 0.0710. The van der Waals surface area contributed by atoms with Crippen molar-refractivity contribution in [2.75, 3.05) is 27.2 Å². The van der Waals surface area contributed by atoms with Crippen molar-refractivity contribution in [1.82, 2.24) is 14.8 Å².